The number of carbonyl (C=O) groups excluding carboxylic acids is 1. The summed E-state index contributed by atoms with van der Waals surface area (Å²) in [7, 11) is -1.75. The van der Waals surface area contributed by atoms with E-state index in [1.54, 1.807) is 5.38 Å². The lowest BCUT2D eigenvalue weighted by Crippen LogP contribution is -2.49. The first-order valence-corrected chi connectivity index (χ1v) is 9.94. The highest BCUT2D eigenvalue weighted by Gasteiger charge is 2.31. The smallest absolute Gasteiger partial charge is 0.255 e. The third-order valence-electron chi connectivity index (χ3n) is 4.13. The van der Waals surface area contributed by atoms with E-state index >= 15 is 0 Å². The molecule has 1 aliphatic heterocycles. The van der Waals surface area contributed by atoms with Crippen molar-refractivity contribution in [3.63, 3.8) is 0 Å². The highest BCUT2D eigenvalue weighted by atomic mass is 32.2. The first-order valence-electron chi connectivity index (χ1n) is 7.52. The van der Waals surface area contributed by atoms with Crippen LogP contribution in [0.5, 0.6) is 0 Å². The molecule has 1 atom stereocenters. The van der Waals surface area contributed by atoms with Gasteiger partial charge in [-0.1, -0.05) is 30.3 Å². The number of hydrogen-bond donors (Lipinski definition) is 1. The Morgan fingerprint density at radius 2 is 1.96 bits per heavy atom. The van der Waals surface area contributed by atoms with Gasteiger partial charge in [-0.15, -0.1) is 11.3 Å². The van der Waals surface area contributed by atoms with E-state index in [1.165, 1.54) is 6.07 Å². The second-order valence-electron chi connectivity index (χ2n) is 5.89. The number of rotatable bonds is 3. The first kappa shape index (κ1) is 17.1. The molecule has 8 heteroatoms. The Hall–Kier alpha value is -1.74. The van der Waals surface area contributed by atoms with Gasteiger partial charge in [-0.25, -0.2) is 13.6 Å². The van der Waals surface area contributed by atoms with Crippen LogP contribution in [0.2, 0.25) is 0 Å². The molecule has 1 unspecified atom stereocenters. The van der Waals surface area contributed by atoms with E-state index < -0.39 is 10.0 Å². The maximum absolute atomic E-state index is 12.9. The van der Waals surface area contributed by atoms with Gasteiger partial charge in [0.15, 0.2) is 0 Å². The minimum Gasteiger partial charge on any atom is -0.329 e. The average Bonchev–Trinajstić information content (AvgIpc) is 3.05. The Bertz CT molecular complexity index is 833. The summed E-state index contributed by atoms with van der Waals surface area (Å²) >= 11 is 0.976. The molecule has 1 aliphatic rings. The highest BCUT2D eigenvalue weighted by molar-refractivity contribution is 7.91. The normalized spacial score (nSPS) is 19.4. The van der Waals surface area contributed by atoms with E-state index in [9.17, 15) is 13.2 Å². The van der Waals surface area contributed by atoms with E-state index in [-0.39, 0.29) is 16.2 Å². The molecule has 0 radical (unpaired) electrons. The zero-order valence-corrected chi connectivity index (χ0v) is 14.9. The molecule has 1 aromatic heterocycles. The van der Waals surface area contributed by atoms with E-state index in [4.69, 9.17) is 5.14 Å². The van der Waals surface area contributed by atoms with Crippen LogP contribution in [0.25, 0.3) is 0 Å². The van der Waals surface area contributed by atoms with Crippen LogP contribution < -0.4 is 5.14 Å². The molecule has 0 saturated carbocycles. The zero-order chi connectivity index (χ0) is 17.3. The minimum absolute atomic E-state index is 0.0104. The van der Waals surface area contributed by atoms with Crippen LogP contribution in [-0.4, -0.2) is 50.8 Å². The average molecular weight is 365 g/mol. The van der Waals surface area contributed by atoms with Gasteiger partial charge in [-0.2, -0.15) is 0 Å². The maximum atomic E-state index is 12.9. The van der Waals surface area contributed by atoms with E-state index in [0.717, 1.165) is 30.0 Å². The number of carbonyl (C=O) groups is 1. The van der Waals surface area contributed by atoms with Crippen molar-refractivity contribution in [2.24, 2.45) is 5.14 Å². The number of likely N-dealkylation sites (N-methyl/N-ethyl adjacent to an activating group) is 1. The second kappa shape index (κ2) is 6.64. The molecule has 2 heterocycles. The third-order valence-corrected chi connectivity index (χ3v) is 6.52. The van der Waals surface area contributed by atoms with E-state index in [2.05, 4.69) is 4.90 Å². The second-order valence-corrected chi connectivity index (χ2v) is 8.59. The molecular formula is C16H19N3O3S2. The van der Waals surface area contributed by atoms with Crippen molar-refractivity contribution < 1.29 is 13.2 Å². The van der Waals surface area contributed by atoms with Crippen LogP contribution in [0, 0.1) is 0 Å². The van der Waals surface area contributed by atoms with Gasteiger partial charge in [-0.05, 0) is 18.7 Å². The van der Waals surface area contributed by atoms with Gasteiger partial charge in [0.25, 0.3) is 5.91 Å². The Balaban J connectivity index is 1.90. The molecule has 0 aliphatic carbocycles. The van der Waals surface area contributed by atoms with Gasteiger partial charge < -0.3 is 9.80 Å². The zero-order valence-electron chi connectivity index (χ0n) is 13.3. The topological polar surface area (TPSA) is 83.7 Å². The molecule has 128 valence electrons. The summed E-state index contributed by atoms with van der Waals surface area (Å²) in [6.45, 7) is 2.11. The molecule has 0 spiro atoms. The largest absolute Gasteiger partial charge is 0.329 e. The fourth-order valence-electron chi connectivity index (χ4n) is 2.87. The Morgan fingerprint density at radius 3 is 2.58 bits per heavy atom. The van der Waals surface area contributed by atoms with Crippen LogP contribution in [0.3, 0.4) is 0 Å². The van der Waals surface area contributed by atoms with Gasteiger partial charge in [-0.3, -0.25) is 4.79 Å². The lowest BCUT2D eigenvalue weighted by Gasteiger charge is -2.40. The summed E-state index contributed by atoms with van der Waals surface area (Å²) in [6.07, 6.45) is 0. The summed E-state index contributed by atoms with van der Waals surface area (Å²) < 4.78 is 22.9. The quantitative estimate of drug-likeness (QED) is 0.894. The van der Waals surface area contributed by atoms with Crippen molar-refractivity contribution in [3.8, 4) is 0 Å². The van der Waals surface area contributed by atoms with Crippen molar-refractivity contribution in [1.82, 2.24) is 9.80 Å². The monoisotopic (exact) mass is 365 g/mol. The number of nitrogens with zero attached hydrogens (tertiary/aromatic N) is 2. The lowest BCUT2D eigenvalue weighted by molar-refractivity contribution is 0.0498. The summed E-state index contributed by atoms with van der Waals surface area (Å²) in [5.74, 6) is -0.164. The predicted octanol–water partition coefficient (Wildman–Crippen LogP) is 1.52. The van der Waals surface area contributed by atoms with Crippen molar-refractivity contribution in [1.29, 1.82) is 0 Å². The van der Waals surface area contributed by atoms with Crippen molar-refractivity contribution in [2.45, 2.75) is 10.3 Å². The molecular weight excluding hydrogens is 346 g/mol. The van der Waals surface area contributed by atoms with Gasteiger partial charge in [0.2, 0.25) is 10.0 Å². The minimum atomic E-state index is -3.78. The molecule has 2 N–H and O–H groups in total. The summed E-state index contributed by atoms with van der Waals surface area (Å²) in [6, 6.07) is 11.2. The van der Waals surface area contributed by atoms with Gasteiger partial charge in [0.1, 0.15) is 4.21 Å². The predicted molar refractivity (Wildman–Crippen MR) is 93.4 cm³/mol. The molecule has 3 rings (SSSR count). The van der Waals surface area contributed by atoms with Crippen LogP contribution in [0.15, 0.2) is 46.0 Å². The SMILES string of the molecule is CN1CCN(C(=O)c2csc(S(N)(=O)=O)c2)C(c2ccccc2)C1. The lowest BCUT2D eigenvalue weighted by atomic mass is 10.0. The fraction of sp³-hybridized carbons (Fsp3) is 0.312. The molecule has 2 aromatic rings. The molecule has 1 amide bonds. The van der Waals surface area contributed by atoms with Crippen molar-refractivity contribution in [2.75, 3.05) is 26.7 Å². The van der Waals surface area contributed by atoms with Crippen LogP contribution in [0.4, 0.5) is 0 Å². The third kappa shape index (κ3) is 3.51. The Labute approximate surface area is 145 Å². The van der Waals surface area contributed by atoms with Crippen LogP contribution in [0.1, 0.15) is 22.0 Å². The number of amides is 1. The molecule has 24 heavy (non-hydrogen) atoms. The van der Waals surface area contributed by atoms with Crippen LogP contribution >= 0.6 is 11.3 Å². The van der Waals surface area contributed by atoms with Gasteiger partial charge >= 0.3 is 0 Å². The number of piperazine rings is 1. The van der Waals surface area contributed by atoms with Crippen LogP contribution in [-0.2, 0) is 10.0 Å². The Morgan fingerprint density at radius 1 is 1.25 bits per heavy atom. The maximum Gasteiger partial charge on any atom is 0.255 e. The first-order chi connectivity index (χ1) is 11.4. The highest BCUT2D eigenvalue weighted by Crippen LogP contribution is 2.28. The van der Waals surface area contributed by atoms with Crippen molar-refractivity contribution in [3.05, 3.63) is 52.9 Å². The fourth-order valence-corrected chi connectivity index (χ4v) is 4.45. The molecule has 1 aromatic carbocycles. The van der Waals surface area contributed by atoms with Crippen molar-refractivity contribution >= 4 is 27.3 Å². The van der Waals surface area contributed by atoms with E-state index in [1.807, 2.05) is 42.3 Å². The van der Waals surface area contributed by atoms with E-state index in [0.29, 0.717) is 12.1 Å². The molecule has 1 saturated heterocycles. The number of hydrogen-bond acceptors (Lipinski definition) is 5. The number of benzene rings is 1. The number of nitrogens with two attached hydrogens (primary N) is 1. The van der Waals surface area contributed by atoms with Gasteiger partial charge in [0, 0.05) is 25.0 Å². The number of primary sulfonamides is 1. The Kier molecular flexibility index (Phi) is 4.73. The summed E-state index contributed by atoms with van der Waals surface area (Å²) in [4.78, 5) is 16.9. The molecule has 6 nitrogen and oxygen atoms in total. The number of thiophene rings is 1. The molecule has 1 fully saturated rings. The van der Waals surface area contributed by atoms with Gasteiger partial charge in [0.05, 0.1) is 11.6 Å². The molecule has 0 bridgehead atoms. The number of sulfonamides is 1. The summed E-state index contributed by atoms with van der Waals surface area (Å²) in [5.41, 5.74) is 1.44. The standard InChI is InChI=1S/C16H19N3O3S2/c1-18-7-8-19(14(10-18)12-5-3-2-4-6-12)16(20)13-9-15(23-11-13)24(17,21)22/h2-6,9,11,14H,7-8,10H2,1H3,(H2,17,21,22). The summed E-state index contributed by atoms with van der Waals surface area (Å²) in [5, 5.41) is 6.69.